The summed E-state index contributed by atoms with van der Waals surface area (Å²) in [6, 6.07) is 6.56. The standard InChI is InChI=1S/C18H19BrFN5O/c19-13-8-14(20)10-15(9-13)25-12-16(11-17(25)26)23-4-6-24(7-5-23)18-21-2-1-3-22-18/h1-3,8-10,16H,4-7,11-12H2/t16-/m1/s1. The smallest absolute Gasteiger partial charge is 0.228 e. The third-order valence-corrected chi connectivity index (χ3v) is 5.39. The molecule has 4 rings (SSSR count). The second-order valence-electron chi connectivity index (χ2n) is 6.56. The lowest BCUT2D eigenvalue weighted by molar-refractivity contribution is -0.117. The monoisotopic (exact) mass is 419 g/mol. The number of hydrogen-bond acceptors (Lipinski definition) is 5. The van der Waals surface area contributed by atoms with E-state index in [9.17, 15) is 9.18 Å². The molecule has 2 aliphatic heterocycles. The van der Waals surface area contributed by atoms with Crippen LogP contribution in [0, 0.1) is 5.82 Å². The molecule has 26 heavy (non-hydrogen) atoms. The first-order chi connectivity index (χ1) is 12.6. The van der Waals surface area contributed by atoms with Gasteiger partial charge in [-0.2, -0.15) is 0 Å². The molecule has 2 saturated heterocycles. The molecule has 1 aromatic heterocycles. The van der Waals surface area contributed by atoms with Crippen molar-refractivity contribution in [3.05, 3.63) is 46.9 Å². The van der Waals surface area contributed by atoms with Gasteiger partial charge in [0.05, 0.1) is 0 Å². The Hall–Kier alpha value is -2.06. The van der Waals surface area contributed by atoms with Gasteiger partial charge in [0, 0.05) is 67.7 Å². The molecule has 6 nitrogen and oxygen atoms in total. The first-order valence-corrected chi connectivity index (χ1v) is 9.42. The van der Waals surface area contributed by atoms with Crippen molar-refractivity contribution in [2.45, 2.75) is 12.5 Å². The van der Waals surface area contributed by atoms with Gasteiger partial charge in [-0.25, -0.2) is 14.4 Å². The summed E-state index contributed by atoms with van der Waals surface area (Å²) in [5.41, 5.74) is 0.612. The van der Waals surface area contributed by atoms with Crippen LogP contribution in [0.25, 0.3) is 0 Å². The van der Waals surface area contributed by atoms with Gasteiger partial charge >= 0.3 is 0 Å². The van der Waals surface area contributed by atoms with Crippen molar-refractivity contribution in [2.24, 2.45) is 0 Å². The molecule has 1 atom stereocenters. The van der Waals surface area contributed by atoms with Crippen molar-refractivity contribution in [3.63, 3.8) is 0 Å². The largest absolute Gasteiger partial charge is 0.338 e. The topological polar surface area (TPSA) is 52.6 Å². The second-order valence-corrected chi connectivity index (χ2v) is 7.48. The van der Waals surface area contributed by atoms with E-state index in [-0.39, 0.29) is 17.8 Å². The summed E-state index contributed by atoms with van der Waals surface area (Å²) < 4.78 is 14.3. The number of nitrogens with zero attached hydrogens (tertiary/aromatic N) is 5. The summed E-state index contributed by atoms with van der Waals surface area (Å²) in [5, 5.41) is 0. The molecule has 2 fully saturated rings. The molecule has 2 aromatic rings. The van der Waals surface area contributed by atoms with Crippen LogP contribution in [-0.4, -0.2) is 59.5 Å². The van der Waals surface area contributed by atoms with Gasteiger partial charge < -0.3 is 9.80 Å². The molecular formula is C18H19BrFN5O. The quantitative estimate of drug-likeness (QED) is 0.763. The van der Waals surface area contributed by atoms with Crippen molar-refractivity contribution in [1.82, 2.24) is 14.9 Å². The number of anilines is 2. The van der Waals surface area contributed by atoms with E-state index in [4.69, 9.17) is 0 Å². The highest BCUT2D eigenvalue weighted by Gasteiger charge is 2.36. The fourth-order valence-electron chi connectivity index (χ4n) is 3.62. The van der Waals surface area contributed by atoms with Gasteiger partial charge in [-0.15, -0.1) is 0 Å². The van der Waals surface area contributed by atoms with Crippen LogP contribution in [0.4, 0.5) is 16.0 Å². The Morgan fingerprint density at radius 1 is 1.08 bits per heavy atom. The van der Waals surface area contributed by atoms with Crippen LogP contribution in [0.3, 0.4) is 0 Å². The number of aromatic nitrogens is 2. The van der Waals surface area contributed by atoms with Crippen molar-refractivity contribution < 1.29 is 9.18 Å². The van der Waals surface area contributed by atoms with Gasteiger partial charge in [-0.3, -0.25) is 9.69 Å². The van der Waals surface area contributed by atoms with Gasteiger partial charge in [-0.05, 0) is 24.3 Å². The first kappa shape index (κ1) is 17.4. The number of carbonyl (C=O) groups is 1. The molecule has 0 spiro atoms. The van der Waals surface area contributed by atoms with Crippen molar-refractivity contribution in [2.75, 3.05) is 42.5 Å². The minimum atomic E-state index is -0.345. The van der Waals surface area contributed by atoms with E-state index in [0.717, 1.165) is 32.1 Å². The Morgan fingerprint density at radius 2 is 1.81 bits per heavy atom. The van der Waals surface area contributed by atoms with Gasteiger partial charge in [0.1, 0.15) is 5.82 Å². The maximum Gasteiger partial charge on any atom is 0.228 e. The van der Waals surface area contributed by atoms with E-state index in [1.807, 2.05) is 6.07 Å². The zero-order chi connectivity index (χ0) is 18.1. The van der Waals surface area contributed by atoms with Crippen molar-refractivity contribution >= 4 is 33.5 Å². The van der Waals surface area contributed by atoms with Gasteiger partial charge in [-0.1, -0.05) is 15.9 Å². The van der Waals surface area contributed by atoms with Crippen molar-refractivity contribution in [3.8, 4) is 0 Å². The van der Waals surface area contributed by atoms with Crippen LogP contribution in [0.5, 0.6) is 0 Å². The molecule has 1 aromatic carbocycles. The van der Waals surface area contributed by atoms with Crippen LogP contribution >= 0.6 is 15.9 Å². The van der Waals surface area contributed by atoms with Crippen LogP contribution in [-0.2, 0) is 4.79 Å². The number of piperazine rings is 1. The van der Waals surface area contributed by atoms with E-state index >= 15 is 0 Å². The molecular weight excluding hydrogens is 401 g/mol. The highest BCUT2D eigenvalue weighted by Crippen LogP contribution is 2.28. The Bertz CT molecular complexity index is 777. The molecule has 1 amide bonds. The fourth-order valence-corrected chi connectivity index (χ4v) is 4.07. The third-order valence-electron chi connectivity index (χ3n) is 4.93. The summed E-state index contributed by atoms with van der Waals surface area (Å²) in [6.45, 7) is 3.98. The fraction of sp³-hybridized carbons (Fsp3) is 0.389. The molecule has 0 N–H and O–H groups in total. The van der Waals surface area contributed by atoms with Crippen LogP contribution in [0.2, 0.25) is 0 Å². The molecule has 2 aliphatic rings. The lowest BCUT2D eigenvalue weighted by atomic mass is 10.2. The van der Waals surface area contributed by atoms with E-state index in [2.05, 4.69) is 35.7 Å². The SMILES string of the molecule is O=C1C[C@@H](N2CCN(c3ncccn3)CC2)CN1c1cc(F)cc(Br)c1. The number of carbonyl (C=O) groups excluding carboxylic acids is 1. The lowest BCUT2D eigenvalue weighted by Gasteiger charge is -2.37. The molecule has 0 bridgehead atoms. The lowest BCUT2D eigenvalue weighted by Crippen LogP contribution is -2.51. The predicted octanol–water partition coefficient (Wildman–Crippen LogP) is 2.31. The van der Waals surface area contributed by atoms with Gasteiger partial charge in [0.15, 0.2) is 0 Å². The number of amides is 1. The van der Waals surface area contributed by atoms with Crippen molar-refractivity contribution in [1.29, 1.82) is 0 Å². The van der Waals surface area contributed by atoms with Crippen LogP contribution < -0.4 is 9.80 Å². The Labute approximate surface area is 159 Å². The minimum absolute atomic E-state index is 0.0429. The molecule has 0 radical (unpaired) electrons. The third kappa shape index (κ3) is 3.57. The summed E-state index contributed by atoms with van der Waals surface area (Å²) in [7, 11) is 0. The highest BCUT2D eigenvalue weighted by molar-refractivity contribution is 9.10. The predicted molar refractivity (Wildman–Crippen MR) is 101 cm³/mol. The van der Waals surface area contributed by atoms with E-state index < -0.39 is 0 Å². The van der Waals surface area contributed by atoms with Crippen LogP contribution in [0.15, 0.2) is 41.1 Å². The van der Waals surface area contributed by atoms with E-state index in [0.29, 0.717) is 23.1 Å². The summed E-state index contributed by atoms with van der Waals surface area (Å²) in [5.74, 6) is 0.448. The van der Waals surface area contributed by atoms with E-state index in [1.165, 1.54) is 12.1 Å². The highest BCUT2D eigenvalue weighted by atomic mass is 79.9. The molecule has 0 aliphatic carbocycles. The Morgan fingerprint density at radius 3 is 2.50 bits per heavy atom. The minimum Gasteiger partial charge on any atom is -0.338 e. The summed E-state index contributed by atoms with van der Waals surface area (Å²) >= 11 is 3.29. The number of benzene rings is 1. The maximum atomic E-state index is 13.7. The summed E-state index contributed by atoms with van der Waals surface area (Å²) in [4.78, 5) is 27.3. The zero-order valence-corrected chi connectivity index (χ0v) is 15.8. The summed E-state index contributed by atoms with van der Waals surface area (Å²) in [6.07, 6.45) is 3.97. The molecule has 136 valence electrons. The number of halogens is 2. The normalized spacial score (nSPS) is 21.5. The Balaban J connectivity index is 1.40. The maximum absolute atomic E-state index is 13.7. The average molecular weight is 420 g/mol. The van der Waals surface area contributed by atoms with E-state index in [1.54, 1.807) is 23.4 Å². The molecule has 0 saturated carbocycles. The Kier molecular flexibility index (Phi) is 4.86. The van der Waals surface area contributed by atoms with Gasteiger partial charge in [0.2, 0.25) is 11.9 Å². The number of hydrogen-bond donors (Lipinski definition) is 0. The van der Waals surface area contributed by atoms with Crippen LogP contribution in [0.1, 0.15) is 6.42 Å². The average Bonchev–Trinajstić information content (AvgIpc) is 3.04. The van der Waals surface area contributed by atoms with Gasteiger partial charge in [0.25, 0.3) is 0 Å². The molecule has 0 unspecified atom stereocenters. The molecule has 8 heteroatoms. The molecule has 3 heterocycles. The number of rotatable bonds is 3. The second kappa shape index (κ2) is 7.28. The zero-order valence-electron chi connectivity index (χ0n) is 14.2. The first-order valence-electron chi connectivity index (χ1n) is 8.62.